The minimum atomic E-state index is -0.0757. The summed E-state index contributed by atoms with van der Waals surface area (Å²) in [4.78, 5) is 18.5. The molecule has 0 spiro atoms. The van der Waals surface area contributed by atoms with Gasteiger partial charge in [0.2, 0.25) is 0 Å². The third kappa shape index (κ3) is 3.79. The van der Waals surface area contributed by atoms with Crippen molar-refractivity contribution in [3.8, 4) is 11.5 Å². The molecule has 1 amide bonds. The summed E-state index contributed by atoms with van der Waals surface area (Å²) in [6.45, 7) is 1.26. The Kier molecular flexibility index (Phi) is 5.20. The van der Waals surface area contributed by atoms with Crippen LogP contribution in [0.25, 0.3) is 0 Å². The second-order valence-corrected chi connectivity index (χ2v) is 6.08. The number of carbonyl (C=O) groups is 1. The van der Waals surface area contributed by atoms with E-state index in [0.717, 1.165) is 19.4 Å². The van der Waals surface area contributed by atoms with E-state index in [-0.39, 0.29) is 12.0 Å². The minimum absolute atomic E-state index is 0.0111. The van der Waals surface area contributed by atoms with Crippen molar-refractivity contribution in [2.45, 2.75) is 18.9 Å². The van der Waals surface area contributed by atoms with Crippen LogP contribution in [0.3, 0.4) is 0 Å². The molecule has 0 N–H and O–H groups in total. The van der Waals surface area contributed by atoms with Crippen LogP contribution in [0.15, 0.2) is 42.7 Å². The summed E-state index contributed by atoms with van der Waals surface area (Å²) in [7, 11) is 1.59. The van der Waals surface area contributed by atoms with Gasteiger partial charge < -0.3 is 14.4 Å². The number of hydrogen-bond acceptors (Lipinski definition) is 4. The fourth-order valence-corrected chi connectivity index (χ4v) is 2.96. The molecule has 0 aliphatic carbocycles. The number of likely N-dealkylation sites (tertiary alicyclic amines) is 1. The van der Waals surface area contributed by atoms with Crippen molar-refractivity contribution in [1.29, 1.82) is 0 Å². The van der Waals surface area contributed by atoms with E-state index in [1.54, 1.807) is 37.7 Å². The standard InChI is InChI=1S/C18H19ClN2O3/c1-23-14-5-2-4-13(10-14)18(22)21-9-3-6-15(12-21)24-17-7-8-20-11-16(17)19/h2,4-5,7-8,10-11,15H,3,6,9,12H2,1H3. The molecule has 3 rings (SSSR count). The molecule has 1 aliphatic rings. The lowest BCUT2D eigenvalue weighted by Gasteiger charge is -2.33. The molecule has 1 aromatic carbocycles. The summed E-state index contributed by atoms with van der Waals surface area (Å²) < 4.78 is 11.1. The zero-order valence-electron chi connectivity index (χ0n) is 13.4. The van der Waals surface area contributed by atoms with Crippen LogP contribution in [-0.2, 0) is 0 Å². The lowest BCUT2D eigenvalue weighted by Crippen LogP contribution is -2.44. The fourth-order valence-electron chi connectivity index (χ4n) is 2.80. The van der Waals surface area contributed by atoms with Crippen molar-refractivity contribution in [2.24, 2.45) is 0 Å². The molecule has 5 nitrogen and oxygen atoms in total. The quantitative estimate of drug-likeness (QED) is 0.851. The zero-order chi connectivity index (χ0) is 16.9. The Morgan fingerprint density at radius 1 is 1.38 bits per heavy atom. The van der Waals surface area contributed by atoms with Crippen molar-refractivity contribution < 1.29 is 14.3 Å². The molecular formula is C18H19ClN2O3. The summed E-state index contributed by atoms with van der Waals surface area (Å²) >= 11 is 6.09. The Morgan fingerprint density at radius 3 is 3.04 bits per heavy atom. The Labute approximate surface area is 146 Å². The molecule has 1 aromatic heterocycles. The largest absolute Gasteiger partial charge is 0.497 e. The van der Waals surface area contributed by atoms with Crippen LogP contribution in [-0.4, -0.2) is 42.1 Å². The van der Waals surface area contributed by atoms with Crippen LogP contribution < -0.4 is 9.47 Å². The zero-order valence-corrected chi connectivity index (χ0v) is 14.2. The monoisotopic (exact) mass is 346 g/mol. The highest BCUT2D eigenvalue weighted by Crippen LogP contribution is 2.26. The van der Waals surface area contributed by atoms with Gasteiger partial charge in [-0.2, -0.15) is 0 Å². The molecule has 1 fully saturated rings. The number of halogens is 1. The topological polar surface area (TPSA) is 51.7 Å². The highest BCUT2D eigenvalue weighted by molar-refractivity contribution is 6.31. The molecule has 0 radical (unpaired) electrons. The molecule has 1 atom stereocenters. The summed E-state index contributed by atoms with van der Waals surface area (Å²) in [6, 6.07) is 8.94. The number of carbonyl (C=O) groups excluding carboxylic acids is 1. The minimum Gasteiger partial charge on any atom is -0.497 e. The average Bonchev–Trinajstić information content (AvgIpc) is 2.63. The highest BCUT2D eigenvalue weighted by atomic mass is 35.5. The first-order chi connectivity index (χ1) is 11.7. The molecule has 1 aliphatic heterocycles. The third-order valence-corrected chi connectivity index (χ3v) is 4.29. The van der Waals surface area contributed by atoms with E-state index >= 15 is 0 Å². The van der Waals surface area contributed by atoms with E-state index < -0.39 is 0 Å². The van der Waals surface area contributed by atoms with Crippen molar-refractivity contribution in [3.63, 3.8) is 0 Å². The molecule has 126 valence electrons. The van der Waals surface area contributed by atoms with Crippen molar-refractivity contribution in [1.82, 2.24) is 9.88 Å². The van der Waals surface area contributed by atoms with Crippen molar-refractivity contribution in [3.05, 3.63) is 53.3 Å². The number of nitrogens with zero attached hydrogens (tertiary/aromatic N) is 2. The molecule has 1 unspecified atom stereocenters. The highest BCUT2D eigenvalue weighted by Gasteiger charge is 2.26. The van der Waals surface area contributed by atoms with Crippen LogP contribution >= 0.6 is 11.6 Å². The van der Waals surface area contributed by atoms with Crippen molar-refractivity contribution >= 4 is 17.5 Å². The van der Waals surface area contributed by atoms with E-state index in [1.165, 1.54) is 0 Å². The first-order valence-electron chi connectivity index (χ1n) is 7.87. The summed E-state index contributed by atoms with van der Waals surface area (Å²) in [5.41, 5.74) is 0.622. The van der Waals surface area contributed by atoms with Gasteiger partial charge in [0.1, 0.15) is 22.6 Å². The van der Waals surface area contributed by atoms with E-state index in [1.807, 2.05) is 17.0 Å². The van der Waals surface area contributed by atoms with Gasteiger partial charge in [-0.1, -0.05) is 17.7 Å². The Morgan fingerprint density at radius 2 is 2.25 bits per heavy atom. The van der Waals surface area contributed by atoms with Gasteiger partial charge in [-0.25, -0.2) is 0 Å². The number of ether oxygens (including phenoxy) is 2. The summed E-state index contributed by atoms with van der Waals surface area (Å²) in [5, 5.41) is 0.480. The number of hydrogen-bond donors (Lipinski definition) is 0. The van der Waals surface area contributed by atoms with Crippen LogP contribution in [0.4, 0.5) is 0 Å². The maximum atomic E-state index is 12.7. The smallest absolute Gasteiger partial charge is 0.254 e. The van der Waals surface area contributed by atoms with Gasteiger partial charge in [0.25, 0.3) is 5.91 Å². The van der Waals surface area contributed by atoms with Gasteiger partial charge in [-0.15, -0.1) is 0 Å². The van der Waals surface area contributed by atoms with Crippen molar-refractivity contribution in [2.75, 3.05) is 20.2 Å². The van der Waals surface area contributed by atoms with E-state index in [0.29, 0.717) is 28.6 Å². The molecule has 6 heteroatoms. The van der Waals surface area contributed by atoms with Gasteiger partial charge in [0.05, 0.1) is 13.7 Å². The number of benzene rings is 1. The van der Waals surface area contributed by atoms with E-state index in [2.05, 4.69) is 4.98 Å². The van der Waals surface area contributed by atoms with Crippen LogP contribution in [0.1, 0.15) is 23.2 Å². The Hall–Kier alpha value is -2.27. The number of pyridine rings is 1. The van der Waals surface area contributed by atoms with E-state index in [4.69, 9.17) is 21.1 Å². The molecular weight excluding hydrogens is 328 g/mol. The molecule has 2 aromatic rings. The van der Waals surface area contributed by atoms with Gasteiger partial charge in [0, 0.05) is 30.6 Å². The number of methoxy groups -OCH3 is 1. The Balaban J connectivity index is 1.68. The average molecular weight is 347 g/mol. The van der Waals surface area contributed by atoms with Gasteiger partial charge >= 0.3 is 0 Å². The normalized spacial score (nSPS) is 17.4. The van der Waals surface area contributed by atoms with E-state index in [9.17, 15) is 4.79 Å². The lowest BCUT2D eigenvalue weighted by molar-refractivity contribution is 0.0537. The maximum absolute atomic E-state index is 12.7. The van der Waals surface area contributed by atoms with Crippen LogP contribution in [0.5, 0.6) is 11.5 Å². The SMILES string of the molecule is COc1cccc(C(=O)N2CCCC(Oc3ccncc3Cl)C2)c1. The first-order valence-corrected chi connectivity index (χ1v) is 8.24. The molecule has 1 saturated heterocycles. The Bertz CT molecular complexity index is 723. The van der Waals surface area contributed by atoms with Crippen LogP contribution in [0.2, 0.25) is 5.02 Å². The molecule has 0 saturated carbocycles. The van der Waals surface area contributed by atoms with Crippen LogP contribution in [0, 0.1) is 0 Å². The first kappa shape index (κ1) is 16.6. The third-order valence-electron chi connectivity index (χ3n) is 4.01. The van der Waals surface area contributed by atoms with Gasteiger partial charge in [-0.05, 0) is 31.0 Å². The summed E-state index contributed by atoms with van der Waals surface area (Å²) in [6.07, 6.45) is 4.90. The number of rotatable bonds is 4. The predicted octanol–water partition coefficient (Wildman–Crippen LogP) is 3.43. The summed E-state index contributed by atoms with van der Waals surface area (Å²) in [5.74, 6) is 1.27. The number of piperidine rings is 1. The van der Waals surface area contributed by atoms with Gasteiger partial charge in [0.15, 0.2) is 0 Å². The maximum Gasteiger partial charge on any atom is 0.254 e. The lowest BCUT2D eigenvalue weighted by atomic mass is 10.1. The molecule has 0 bridgehead atoms. The van der Waals surface area contributed by atoms with Gasteiger partial charge in [-0.3, -0.25) is 9.78 Å². The fraction of sp³-hybridized carbons (Fsp3) is 0.333. The second-order valence-electron chi connectivity index (χ2n) is 5.67. The second kappa shape index (κ2) is 7.53. The molecule has 24 heavy (non-hydrogen) atoms. The number of amides is 1. The predicted molar refractivity (Wildman–Crippen MR) is 91.8 cm³/mol. The molecule has 2 heterocycles. The number of aromatic nitrogens is 1.